The van der Waals surface area contributed by atoms with Crippen molar-refractivity contribution >= 4 is 0 Å². The van der Waals surface area contributed by atoms with Crippen LogP contribution in [0.3, 0.4) is 0 Å². The highest BCUT2D eigenvalue weighted by Gasteiger charge is 2.21. The second-order valence-corrected chi connectivity index (χ2v) is 3.30. The smallest absolute Gasteiger partial charge is 0.142 e. The van der Waals surface area contributed by atoms with Crippen LogP contribution >= 0.6 is 0 Å². The lowest BCUT2D eigenvalue weighted by Crippen LogP contribution is -2.29. The Morgan fingerprint density at radius 2 is 2.13 bits per heavy atom. The van der Waals surface area contributed by atoms with Gasteiger partial charge in [0.05, 0.1) is 19.3 Å². The SMILES string of the molecule is CNC(c1ncccc1OC)C(C)OC. The molecule has 1 heterocycles. The van der Waals surface area contributed by atoms with E-state index in [-0.39, 0.29) is 12.1 Å². The molecule has 0 bridgehead atoms. The number of hydrogen-bond donors (Lipinski definition) is 1. The third kappa shape index (κ3) is 2.67. The van der Waals surface area contributed by atoms with E-state index in [9.17, 15) is 0 Å². The van der Waals surface area contributed by atoms with Crippen LogP contribution in [0, 0.1) is 0 Å². The Morgan fingerprint density at radius 1 is 1.40 bits per heavy atom. The largest absolute Gasteiger partial charge is 0.495 e. The number of pyridine rings is 1. The monoisotopic (exact) mass is 210 g/mol. The Morgan fingerprint density at radius 3 is 2.67 bits per heavy atom. The molecule has 2 atom stereocenters. The van der Waals surface area contributed by atoms with Gasteiger partial charge in [0.2, 0.25) is 0 Å². The molecular weight excluding hydrogens is 192 g/mol. The molecule has 4 heteroatoms. The average molecular weight is 210 g/mol. The van der Waals surface area contributed by atoms with Gasteiger partial charge in [-0.3, -0.25) is 4.98 Å². The Hall–Kier alpha value is -1.13. The zero-order chi connectivity index (χ0) is 11.3. The van der Waals surface area contributed by atoms with Crippen molar-refractivity contribution in [1.82, 2.24) is 10.3 Å². The fourth-order valence-corrected chi connectivity index (χ4v) is 1.54. The van der Waals surface area contributed by atoms with Crippen molar-refractivity contribution in [2.75, 3.05) is 21.3 Å². The molecule has 1 aromatic rings. The van der Waals surface area contributed by atoms with Gasteiger partial charge in [-0.1, -0.05) is 0 Å². The van der Waals surface area contributed by atoms with Crippen LogP contribution in [-0.2, 0) is 4.74 Å². The van der Waals surface area contributed by atoms with Gasteiger partial charge in [0.15, 0.2) is 0 Å². The maximum Gasteiger partial charge on any atom is 0.142 e. The van der Waals surface area contributed by atoms with E-state index in [1.165, 1.54) is 0 Å². The van der Waals surface area contributed by atoms with Crippen molar-refractivity contribution in [3.8, 4) is 5.75 Å². The van der Waals surface area contributed by atoms with Gasteiger partial charge in [-0.25, -0.2) is 0 Å². The molecular formula is C11H18N2O2. The predicted octanol–water partition coefficient (Wildman–Crippen LogP) is 1.39. The zero-order valence-electron chi connectivity index (χ0n) is 9.65. The Bertz CT molecular complexity index is 304. The molecule has 0 aliphatic carbocycles. The van der Waals surface area contributed by atoms with Crippen LogP contribution in [-0.4, -0.2) is 32.4 Å². The van der Waals surface area contributed by atoms with E-state index >= 15 is 0 Å². The summed E-state index contributed by atoms with van der Waals surface area (Å²) in [6.45, 7) is 2.00. The maximum absolute atomic E-state index is 5.30. The van der Waals surface area contributed by atoms with E-state index in [1.54, 1.807) is 20.4 Å². The number of methoxy groups -OCH3 is 2. The van der Waals surface area contributed by atoms with E-state index < -0.39 is 0 Å². The maximum atomic E-state index is 5.30. The van der Waals surface area contributed by atoms with E-state index in [0.29, 0.717) is 0 Å². The van der Waals surface area contributed by atoms with Gasteiger partial charge in [0.1, 0.15) is 11.4 Å². The first kappa shape index (κ1) is 11.9. The summed E-state index contributed by atoms with van der Waals surface area (Å²) in [6, 6.07) is 3.79. The third-order valence-corrected chi connectivity index (χ3v) is 2.47. The lowest BCUT2D eigenvalue weighted by atomic mass is 10.1. The van der Waals surface area contributed by atoms with Gasteiger partial charge in [0.25, 0.3) is 0 Å². The Labute approximate surface area is 90.6 Å². The zero-order valence-corrected chi connectivity index (χ0v) is 9.65. The van der Waals surface area contributed by atoms with Crippen LogP contribution in [0.5, 0.6) is 5.75 Å². The average Bonchev–Trinajstić information content (AvgIpc) is 2.30. The van der Waals surface area contributed by atoms with Crippen LogP contribution in [0.4, 0.5) is 0 Å². The standard InChI is InChI=1S/C11H18N2O2/c1-8(14-3)10(12-2)11-9(15-4)6-5-7-13-11/h5-8,10,12H,1-4H3. The number of nitrogens with zero attached hydrogens (tertiary/aromatic N) is 1. The first-order chi connectivity index (χ1) is 7.24. The molecule has 1 aromatic heterocycles. The first-order valence-electron chi connectivity index (χ1n) is 4.93. The number of ether oxygens (including phenoxy) is 2. The fourth-order valence-electron chi connectivity index (χ4n) is 1.54. The van der Waals surface area contributed by atoms with Crippen LogP contribution in [0.15, 0.2) is 18.3 Å². The molecule has 2 unspecified atom stereocenters. The molecule has 0 aliphatic heterocycles. The van der Waals surface area contributed by atoms with Crippen LogP contribution in [0.1, 0.15) is 18.7 Å². The lowest BCUT2D eigenvalue weighted by Gasteiger charge is -2.23. The molecule has 4 nitrogen and oxygen atoms in total. The fraction of sp³-hybridized carbons (Fsp3) is 0.545. The summed E-state index contributed by atoms with van der Waals surface area (Å²) in [4.78, 5) is 4.32. The number of hydrogen-bond acceptors (Lipinski definition) is 4. The van der Waals surface area contributed by atoms with Crippen molar-refractivity contribution in [2.24, 2.45) is 0 Å². The van der Waals surface area contributed by atoms with Crippen molar-refractivity contribution < 1.29 is 9.47 Å². The summed E-state index contributed by atoms with van der Waals surface area (Å²) in [6.07, 6.45) is 1.80. The van der Waals surface area contributed by atoms with Gasteiger partial charge in [0, 0.05) is 13.3 Å². The Kier molecular flexibility index (Phi) is 4.52. The summed E-state index contributed by atoms with van der Waals surface area (Å²) < 4.78 is 10.6. The van der Waals surface area contributed by atoms with E-state index in [4.69, 9.17) is 9.47 Å². The highest BCUT2D eigenvalue weighted by atomic mass is 16.5. The van der Waals surface area contributed by atoms with Gasteiger partial charge in [-0.15, -0.1) is 0 Å². The highest BCUT2D eigenvalue weighted by molar-refractivity contribution is 5.30. The van der Waals surface area contributed by atoms with Crippen LogP contribution in [0.2, 0.25) is 0 Å². The summed E-state index contributed by atoms with van der Waals surface area (Å²) >= 11 is 0. The van der Waals surface area contributed by atoms with Crippen molar-refractivity contribution in [2.45, 2.75) is 19.1 Å². The predicted molar refractivity (Wildman–Crippen MR) is 59.1 cm³/mol. The summed E-state index contributed by atoms with van der Waals surface area (Å²) in [5.41, 5.74) is 0.872. The van der Waals surface area contributed by atoms with E-state index in [0.717, 1.165) is 11.4 Å². The molecule has 0 aromatic carbocycles. The second kappa shape index (κ2) is 5.68. The number of rotatable bonds is 5. The molecule has 0 amide bonds. The van der Waals surface area contributed by atoms with Crippen LogP contribution in [0.25, 0.3) is 0 Å². The van der Waals surface area contributed by atoms with Crippen molar-refractivity contribution in [3.63, 3.8) is 0 Å². The molecule has 1 rings (SSSR count). The molecule has 0 fully saturated rings. The van der Waals surface area contributed by atoms with E-state index in [2.05, 4.69) is 10.3 Å². The highest BCUT2D eigenvalue weighted by Crippen LogP contribution is 2.25. The molecule has 0 aliphatic rings. The first-order valence-corrected chi connectivity index (χ1v) is 4.93. The molecule has 84 valence electrons. The molecule has 0 spiro atoms. The minimum Gasteiger partial charge on any atom is -0.495 e. The topological polar surface area (TPSA) is 43.4 Å². The van der Waals surface area contributed by atoms with Crippen molar-refractivity contribution in [3.05, 3.63) is 24.0 Å². The number of nitrogens with one attached hydrogen (secondary N) is 1. The second-order valence-electron chi connectivity index (χ2n) is 3.30. The molecule has 0 saturated carbocycles. The summed E-state index contributed by atoms with van der Waals surface area (Å²) in [5.74, 6) is 0.778. The molecule has 0 radical (unpaired) electrons. The van der Waals surface area contributed by atoms with Gasteiger partial charge < -0.3 is 14.8 Å². The minimum atomic E-state index is 0.0335. The van der Waals surface area contributed by atoms with Gasteiger partial charge >= 0.3 is 0 Å². The number of likely N-dealkylation sites (N-methyl/N-ethyl adjacent to an activating group) is 1. The number of aromatic nitrogens is 1. The summed E-state index contributed by atoms with van der Waals surface area (Å²) in [7, 11) is 5.21. The molecule has 15 heavy (non-hydrogen) atoms. The third-order valence-electron chi connectivity index (χ3n) is 2.47. The van der Waals surface area contributed by atoms with Gasteiger partial charge in [-0.2, -0.15) is 0 Å². The normalized spacial score (nSPS) is 14.7. The van der Waals surface area contributed by atoms with Crippen molar-refractivity contribution in [1.29, 1.82) is 0 Å². The van der Waals surface area contributed by atoms with E-state index in [1.807, 2.05) is 26.1 Å². The Balaban J connectivity index is 3.00. The lowest BCUT2D eigenvalue weighted by molar-refractivity contribution is 0.0833. The molecule has 0 saturated heterocycles. The summed E-state index contributed by atoms with van der Waals surface area (Å²) in [5, 5.41) is 3.18. The van der Waals surface area contributed by atoms with Gasteiger partial charge in [-0.05, 0) is 26.1 Å². The molecule has 1 N–H and O–H groups in total. The minimum absolute atomic E-state index is 0.0335. The van der Waals surface area contributed by atoms with Crippen LogP contribution < -0.4 is 10.1 Å². The quantitative estimate of drug-likeness (QED) is 0.797.